The fourth-order valence-corrected chi connectivity index (χ4v) is 4.52. The summed E-state index contributed by atoms with van der Waals surface area (Å²) in [5, 5.41) is 2.84. The van der Waals surface area contributed by atoms with E-state index in [9.17, 15) is 22.8 Å². The van der Waals surface area contributed by atoms with Gasteiger partial charge >= 0.3 is 6.16 Å². The zero-order valence-electron chi connectivity index (χ0n) is 21.8. The number of carbonyl (C=O) groups is 3. The smallest absolute Gasteiger partial charge is 0.431 e. The number of benzene rings is 2. The molecule has 0 aliphatic rings. The molecule has 0 spiro atoms. The van der Waals surface area contributed by atoms with Crippen molar-refractivity contribution >= 4 is 28.0 Å². The van der Waals surface area contributed by atoms with E-state index in [0.29, 0.717) is 25.8 Å². The summed E-state index contributed by atoms with van der Waals surface area (Å²) in [6.07, 6.45) is 2.00. The van der Waals surface area contributed by atoms with Crippen LogP contribution in [0, 0.1) is 0 Å². The standard InChI is InChI=1S/C28H31N3O7S/c1-3-23(4-2)37-28(34)38-26-15-12-22(19-30-26)27(33)31-39(35,36)24-13-10-20(11-14-24)16-17-29-25(32)18-21-8-6-5-7-9-21/h5-15,19,23H,3-4,16-18H2,1-2H3,(H,29,32)(H,31,33). The Hall–Kier alpha value is -4.25. The summed E-state index contributed by atoms with van der Waals surface area (Å²) >= 11 is 0. The Kier molecular flexibility index (Phi) is 10.6. The topological polar surface area (TPSA) is 141 Å². The molecule has 1 aromatic heterocycles. The van der Waals surface area contributed by atoms with Crippen molar-refractivity contribution in [2.24, 2.45) is 0 Å². The lowest BCUT2D eigenvalue weighted by Gasteiger charge is -2.13. The number of pyridine rings is 1. The number of hydrogen-bond acceptors (Lipinski definition) is 8. The summed E-state index contributed by atoms with van der Waals surface area (Å²) in [7, 11) is -4.14. The number of nitrogens with zero attached hydrogens (tertiary/aromatic N) is 1. The van der Waals surface area contributed by atoms with Crippen LogP contribution in [0.2, 0.25) is 0 Å². The van der Waals surface area contributed by atoms with Crippen LogP contribution in [0.4, 0.5) is 4.79 Å². The second-order valence-electron chi connectivity index (χ2n) is 8.63. The van der Waals surface area contributed by atoms with Gasteiger partial charge in [0.1, 0.15) is 6.10 Å². The van der Waals surface area contributed by atoms with Gasteiger partial charge in [0.15, 0.2) is 0 Å². The molecule has 3 rings (SSSR count). The van der Waals surface area contributed by atoms with Crippen LogP contribution in [-0.2, 0) is 32.4 Å². The number of sulfonamides is 1. The third-order valence-corrected chi connectivity index (χ3v) is 7.11. The van der Waals surface area contributed by atoms with E-state index in [4.69, 9.17) is 9.47 Å². The van der Waals surface area contributed by atoms with Gasteiger partial charge in [0.05, 0.1) is 16.9 Å². The summed E-state index contributed by atoms with van der Waals surface area (Å²) in [5.41, 5.74) is 1.70. The van der Waals surface area contributed by atoms with Crippen molar-refractivity contribution in [2.45, 2.75) is 50.5 Å². The van der Waals surface area contributed by atoms with Crippen LogP contribution in [-0.4, -0.2) is 44.0 Å². The molecule has 2 aromatic carbocycles. The summed E-state index contributed by atoms with van der Waals surface area (Å²) in [4.78, 5) is 40.2. The van der Waals surface area contributed by atoms with Crippen molar-refractivity contribution in [3.8, 4) is 5.88 Å². The number of hydrogen-bond donors (Lipinski definition) is 2. The van der Waals surface area contributed by atoms with Crippen LogP contribution in [0.15, 0.2) is 77.8 Å². The van der Waals surface area contributed by atoms with Gasteiger partial charge < -0.3 is 14.8 Å². The fourth-order valence-electron chi connectivity index (χ4n) is 3.54. The first kappa shape index (κ1) is 29.3. The minimum Gasteiger partial charge on any atom is -0.431 e. The minimum absolute atomic E-state index is 0.0397. The van der Waals surface area contributed by atoms with E-state index in [1.165, 1.54) is 24.3 Å². The zero-order chi connectivity index (χ0) is 28.3. The van der Waals surface area contributed by atoms with Gasteiger partial charge in [-0.2, -0.15) is 0 Å². The van der Waals surface area contributed by atoms with E-state index >= 15 is 0 Å². The molecule has 0 radical (unpaired) electrons. The number of nitrogens with one attached hydrogen (secondary N) is 2. The first-order valence-corrected chi connectivity index (χ1v) is 14.0. The number of rotatable bonds is 12. The first-order chi connectivity index (χ1) is 18.7. The highest BCUT2D eigenvalue weighted by atomic mass is 32.2. The molecule has 39 heavy (non-hydrogen) atoms. The third-order valence-electron chi connectivity index (χ3n) is 5.76. The normalized spacial score (nSPS) is 11.1. The van der Waals surface area contributed by atoms with Gasteiger partial charge in [0.25, 0.3) is 15.9 Å². The number of ether oxygens (including phenoxy) is 2. The van der Waals surface area contributed by atoms with E-state index in [0.717, 1.165) is 17.3 Å². The molecule has 0 fully saturated rings. The molecular weight excluding hydrogens is 522 g/mol. The summed E-state index contributed by atoms with van der Waals surface area (Å²) in [6.45, 7) is 4.16. The van der Waals surface area contributed by atoms with Gasteiger partial charge in [-0.3, -0.25) is 9.59 Å². The lowest BCUT2D eigenvalue weighted by atomic mass is 10.1. The zero-order valence-corrected chi connectivity index (χ0v) is 22.6. The summed E-state index contributed by atoms with van der Waals surface area (Å²) < 4.78 is 37.5. The van der Waals surface area contributed by atoms with Crippen molar-refractivity contribution < 1.29 is 32.3 Å². The van der Waals surface area contributed by atoms with Crippen LogP contribution in [0.1, 0.15) is 48.2 Å². The van der Waals surface area contributed by atoms with E-state index < -0.39 is 22.1 Å². The van der Waals surface area contributed by atoms with Crippen LogP contribution >= 0.6 is 0 Å². The molecule has 0 saturated carbocycles. The molecule has 0 aliphatic heterocycles. The molecule has 0 saturated heterocycles. The first-order valence-electron chi connectivity index (χ1n) is 12.5. The maximum atomic E-state index is 12.7. The molecule has 2 amide bonds. The lowest BCUT2D eigenvalue weighted by Crippen LogP contribution is -2.30. The number of amides is 2. The van der Waals surface area contributed by atoms with Crippen LogP contribution in [0.3, 0.4) is 0 Å². The van der Waals surface area contributed by atoms with Gasteiger partial charge in [0, 0.05) is 18.8 Å². The Bertz CT molecular complexity index is 1360. The average molecular weight is 554 g/mol. The molecule has 3 aromatic rings. The predicted octanol–water partition coefficient (Wildman–Crippen LogP) is 3.81. The van der Waals surface area contributed by atoms with Gasteiger partial charge in [-0.15, -0.1) is 0 Å². The molecule has 11 heteroatoms. The largest absolute Gasteiger partial charge is 0.515 e. The van der Waals surface area contributed by atoms with Crippen LogP contribution in [0.25, 0.3) is 0 Å². The Balaban J connectivity index is 1.49. The monoisotopic (exact) mass is 553 g/mol. The Labute approximate surface area is 227 Å². The molecule has 1 heterocycles. The average Bonchev–Trinajstić information content (AvgIpc) is 2.92. The molecule has 10 nitrogen and oxygen atoms in total. The molecule has 2 N–H and O–H groups in total. The second kappa shape index (κ2) is 14.1. The van der Waals surface area contributed by atoms with Gasteiger partial charge in [-0.25, -0.2) is 22.9 Å². The van der Waals surface area contributed by atoms with Gasteiger partial charge in [-0.1, -0.05) is 56.3 Å². The van der Waals surface area contributed by atoms with Crippen molar-refractivity contribution in [1.29, 1.82) is 0 Å². The van der Waals surface area contributed by atoms with Gasteiger partial charge in [0.2, 0.25) is 11.8 Å². The minimum atomic E-state index is -4.14. The van der Waals surface area contributed by atoms with Crippen molar-refractivity contribution in [3.05, 3.63) is 89.6 Å². The predicted molar refractivity (Wildman–Crippen MR) is 144 cm³/mol. The summed E-state index contributed by atoms with van der Waals surface area (Å²) in [6, 6.07) is 18.0. The molecule has 0 aliphatic carbocycles. The molecule has 0 unspecified atom stereocenters. The highest BCUT2D eigenvalue weighted by Crippen LogP contribution is 2.14. The van der Waals surface area contributed by atoms with E-state index in [1.807, 2.05) is 48.9 Å². The maximum absolute atomic E-state index is 12.7. The molecule has 0 atom stereocenters. The van der Waals surface area contributed by atoms with Crippen molar-refractivity contribution in [2.75, 3.05) is 6.54 Å². The van der Waals surface area contributed by atoms with Crippen molar-refractivity contribution in [1.82, 2.24) is 15.0 Å². The van der Waals surface area contributed by atoms with Gasteiger partial charge in [-0.05, 0) is 48.6 Å². The highest BCUT2D eigenvalue weighted by molar-refractivity contribution is 7.90. The Morgan fingerprint density at radius 1 is 0.897 bits per heavy atom. The highest BCUT2D eigenvalue weighted by Gasteiger charge is 2.20. The Morgan fingerprint density at radius 2 is 1.59 bits per heavy atom. The summed E-state index contributed by atoms with van der Waals surface area (Å²) in [5.74, 6) is -1.07. The van der Waals surface area contributed by atoms with E-state index in [-0.39, 0.29) is 34.8 Å². The number of carbonyl (C=O) groups excluding carboxylic acids is 3. The molecule has 206 valence electrons. The van der Waals surface area contributed by atoms with Crippen molar-refractivity contribution in [3.63, 3.8) is 0 Å². The Morgan fingerprint density at radius 3 is 2.21 bits per heavy atom. The molecule has 0 bridgehead atoms. The van der Waals surface area contributed by atoms with Crippen LogP contribution < -0.4 is 14.8 Å². The van der Waals surface area contributed by atoms with E-state index in [1.54, 1.807) is 12.1 Å². The fraction of sp³-hybridized carbons (Fsp3) is 0.286. The quantitative estimate of drug-likeness (QED) is 0.323. The van der Waals surface area contributed by atoms with E-state index in [2.05, 4.69) is 10.3 Å². The second-order valence-corrected chi connectivity index (χ2v) is 10.3. The number of aromatic nitrogens is 1. The van der Waals surface area contributed by atoms with Crippen LogP contribution in [0.5, 0.6) is 5.88 Å². The lowest BCUT2D eigenvalue weighted by molar-refractivity contribution is -0.120. The third kappa shape index (κ3) is 9.22. The SMILES string of the molecule is CCC(CC)OC(=O)Oc1ccc(C(=O)NS(=O)(=O)c2ccc(CCNC(=O)Cc3ccccc3)cc2)cn1. The maximum Gasteiger partial charge on any atom is 0.515 e. The molecular formula is C28H31N3O7S.